The molecule has 2 heterocycles. The maximum atomic E-state index is 14.7. The molecule has 6 rings (SSSR count). The van der Waals surface area contributed by atoms with E-state index < -0.39 is 58.7 Å². The number of nitrogens with zero attached hydrogens (tertiary/aromatic N) is 2. The van der Waals surface area contributed by atoms with Crippen LogP contribution in [0.3, 0.4) is 0 Å². The summed E-state index contributed by atoms with van der Waals surface area (Å²) in [5.74, 6) is -2.04. The number of amides is 4. The van der Waals surface area contributed by atoms with Crippen LogP contribution in [0.1, 0.15) is 112 Å². The number of rotatable bonds is 11. The lowest BCUT2D eigenvalue weighted by molar-refractivity contribution is -0.144. The van der Waals surface area contributed by atoms with Crippen LogP contribution in [0.5, 0.6) is 0 Å². The number of alkyl carbamates (subject to hydrolysis) is 1. The summed E-state index contributed by atoms with van der Waals surface area (Å²) in [6.45, 7) is 14.1. The monoisotopic (exact) mass is 739 g/mol. The molecule has 2 bridgehead atoms. The van der Waals surface area contributed by atoms with Gasteiger partial charge in [-0.25, -0.2) is 4.79 Å². The third-order valence-corrected chi connectivity index (χ3v) is 12.9. The van der Waals surface area contributed by atoms with Crippen molar-refractivity contribution in [2.45, 2.75) is 142 Å². The van der Waals surface area contributed by atoms with Crippen molar-refractivity contribution in [1.82, 2.24) is 20.9 Å². The minimum atomic E-state index is -1.08. The standard InChI is InChI=1S/C39H54ClN5O7/c1-8-10-26(30(46)33(48)41-25-13-14-25)42-32(47)28-20-39(19-27(44-52-39)22-11-9-12-24(40)17-22)21-45(28)34(49)31(36(2,3)4)43-35(50)51-29-18-23-15-16-38(29,7)37(23,5)6/h9,11-12,17,23,25-26,28-29,31H,8,10,13-16,18-21H2,1-7H3,(H,41,48)(H,42,47)(H,43,50)/t23-,26+,28+,29+,31-,38+,39-/m1/s1. The lowest BCUT2D eigenvalue weighted by atomic mass is 9.70. The zero-order valence-corrected chi connectivity index (χ0v) is 32.2. The van der Waals surface area contributed by atoms with Gasteiger partial charge < -0.3 is 30.4 Å². The van der Waals surface area contributed by atoms with Crippen LogP contribution >= 0.6 is 11.6 Å². The Morgan fingerprint density at radius 3 is 2.42 bits per heavy atom. The number of carbonyl (C=O) groups excluding carboxylic acids is 5. The number of fused-ring (bicyclic) bond motifs is 2. The van der Waals surface area contributed by atoms with Crippen LogP contribution in [0.2, 0.25) is 5.02 Å². The second kappa shape index (κ2) is 14.0. The molecule has 1 aromatic rings. The fourth-order valence-electron chi connectivity index (χ4n) is 8.82. The van der Waals surface area contributed by atoms with Gasteiger partial charge in [-0.3, -0.25) is 19.2 Å². The summed E-state index contributed by atoms with van der Waals surface area (Å²) in [6, 6.07) is 4.00. The highest BCUT2D eigenvalue weighted by molar-refractivity contribution is 6.38. The number of nitrogens with one attached hydrogen (secondary N) is 3. The van der Waals surface area contributed by atoms with Crippen LogP contribution in [-0.4, -0.2) is 82.6 Å². The molecule has 3 N–H and O–H groups in total. The number of halogens is 1. The number of hydrogen-bond donors (Lipinski definition) is 3. The highest BCUT2D eigenvalue weighted by atomic mass is 35.5. The topological polar surface area (TPSA) is 156 Å². The van der Waals surface area contributed by atoms with Gasteiger partial charge in [-0.1, -0.05) is 83.8 Å². The smallest absolute Gasteiger partial charge is 0.408 e. The van der Waals surface area contributed by atoms with Crippen molar-refractivity contribution < 1.29 is 33.5 Å². The quantitative estimate of drug-likeness (QED) is 0.261. The van der Waals surface area contributed by atoms with Gasteiger partial charge in [-0.05, 0) is 67.4 Å². The van der Waals surface area contributed by atoms with Gasteiger partial charge >= 0.3 is 6.09 Å². The summed E-state index contributed by atoms with van der Waals surface area (Å²) in [7, 11) is 0. The molecule has 52 heavy (non-hydrogen) atoms. The summed E-state index contributed by atoms with van der Waals surface area (Å²) in [5.41, 5.74) is -0.558. The molecule has 5 aliphatic rings. The van der Waals surface area contributed by atoms with Crippen molar-refractivity contribution >= 4 is 46.9 Å². The Balaban J connectivity index is 1.23. The molecule has 4 amide bonds. The van der Waals surface area contributed by atoms with E-state index in [2.05, 4.69) is 41.9 Å². The molecule has 2 aliphatic heterocycles. The van der Waals surface area contributed by atoms with E-state index in [-0.39, 0.29) is 42.4 Å². The third kappa shape index (κ3) is 7.28. The summed E-state index contributed by atoms with van der Waals surface area (Å²) in [4.78, 5) is 76.1. The first-order valence-electron chi connectivity index (χ1n) is 18.8. The minimum absolute atomic E-state index is 0.00587. The Morgan fingerprint density at radius 1 is 1.10 bits per heavy atom. The fourth-order valence-corrected chi connectivity index (χ4v) is 9.01. The molecule has 4 fully saturated rings. The number of likely N-dealkylation sites (tertiary alicyclic amines) is 1. The number of oxime groups is 1. The molecule has 0 unspecified atom stereocenters. The Bertz CT molecular complexity index is 1650. The predicted molar refractivity (Wildman–Crippen MR) is 195 cm³/mol. The van der Waals surface area contributed by atoms with Crippen molar-refractivity contribution in [1.29, 1.82) is 0 Å². The number of benzene rings is 1. The van der Waals surface area contributed by atoms with Gasteiger partial charge in [0.2, 0.25) is 17.6 Å². The first kappa shape index (κ1) is 38.1. The first-order chi connectivity index (χ1) is 24.4. The van der Waals surface area contributed by atoms with Crippen molar-refractivity contribution in [2.75, 3.05) is 6.54 Å². The largest absolute Gasteiger partial charge is 0.446 e. The van der Waals surface area contributed by atoms with Crippen LogP contribution in [0.25, 0.3) is 0 Å². The Labute approximate surface area is 311 Å². The third-order valence-electron chi connectivity index (χ3n) is 12.7. The van der Waals surface area contributed by atoms with Gasteiger partial charge in [0.25, 0.3) is 5.91 Å². The van der Waals surface area contributed by atoms with Crippen molar-refractivity contribution in [3.05, 3.63) is 34.9 Å². The lowest BCUT2D eigenvalue weighted by Crippen LogP contribution is -2.59. The zero-order chi connectivity index (χ0) is 37.8. The molecule has 0 aromatic heterocycles. The number of ether oxygens (including phenoxy) is 1. The van der Waals surface area contributed by atoms with Crippen LogP contribution < -0.4 is 16.0 Å². The summed E-state index contributed by atoms with van der Waals surface area (Å²) in [5, 5.41) is 13.3. The van der Waals surface area contributed by atoms with Crippen molar-refractivity contribution in [3.8, 4) is 0 Å². The summed E-state index contributed by atoms with van der Waals surface area (Å²) < 4.78 is 6.09. The van der Waals surface area contributed by atoms with Crippen molar-refractivity contribution in [2.24, 2.45) is 27.3 Å². The van der Waals surface area contributed by atoms with Gasteiger partial charge in [0.15, 0.2) is 5.60 Å². The van der Waals surface area contributed by atoms with Gasteiger partial charge in [-0.2, -0.15) is 0 Å². The van der Waals surface area contributed by atoms with Crippen LogP contribution in [0.15, 0.2) is 29.4 Å². The van der Waals surface area contributed by atoms with E-state index in [0.29, 0.717) is 29.5 Å². The zero-order valence-electron chi connectivity index (χ0n) is 31.5. The highest BCUT2D eigenvalue weighted by Crippen LogP contribution is 2.66. The molecule has 1 saturated heterocycles. The number of ketones is 1. The van der Waals surface area contributed by atoms with Crippen LogP contribution in [0.4, 0.5) is 4.79 Å². The van der Waals surface area contributed by atoms with Gasteiger partial charge in [0, 0.05) is 34.9 Å². The molecule has 12 nitrogen and oxygen atoms in total. The van der Waals surface area contributed by atoms with Gasteiger partial charge in [0.1, 0.15) is 18.2 Å². The average Bonchev–Trinajstić information content (AvgIpc) is 3.52. The van der Waals surface area contributed by atoms with E-state index in [1.54, 1.807) is 12.1 Å². The maximum Gasteiger partial charge on any atom is 0.408 e. The van der Waals surface area contributed by atoms with Gasteiger partial charge in [0.05, 0.1) is 18.3 Å². The first-order valence-corrected chi connectivity index (χ1v) is 19.2. The van der Waals surface area contributed by atoms with Gasteiger partial charge in [-0.15, -0.1) is 0 Å². The second-order valence-corrected chi connectivity index (χ2v) is 18.0. The van der Waals surface area contributed by atoms with Crippen LogP contribution in [-0.2, 0) is 28.8 Å². The molecular formula is C39H54ClN5O7. The molecule has 1 spiro atoms. The summed E-state index contributed by atoms with van der Waals surface area (Å²) >= 11 is 6.27. The molecule has 7 atom stereocenters. The Hall–Kier alpha value is -3.67. The van der Waals surface area contributed by atoms with Crippen LogP contribution in [0, 0.1) is 22.2 Å². The molecule has 3 aliphatic carbocycles. The minimum Gasteiger partial charge on any atom is -0.446 e. The lowest BCUT2D eigenvalue weighted by Gasteiger charge is -2.39. The average molecular weight is 740 g/mol. The number of Topliss-reactive ketones (excluding diaryl/α,β-unsaturated/α-hetero) is 1. The molecule has 1 aromatic carbocycles. The van der Waals surface area contributed by atoms with E-state index >= 15 is 0 Å². The molecule has 284 valence electrons. The van der Waals surface area contributed by atoms with E-state index in [1.165, 1.54) is 4.90 Å². The van der Waals surface area contributed by atoms with E-state index in [1.807, 2.05) is 39.8 Å². The van der Waals surface area contributed by atoms with E-state index in [4.69, 9.17) is 21.2 Å². The number of hydrogen-bond acceptors (Lipinski definition) is 8. The molecular weight excluding hydrogens is 686 g/mol. The maximum absolute atomic E-state index is 14.7. The molecule has 0 radical (unpaired) electrons. The molecule has 13 heteroatoms. The van der Waals surface area contributed by atoms with Crippen molar-refractivity contribution in [3.63, 3.8) is 0 Å². The summed E-state index contributed by atoms with van der Waals surface area (Å²) in [6.07, 6.45) is 4.73. The SMILES string of the molecule is CCC[C@H](NC(=O)[C@@H]1C[C@]2(CC(c3cccc(Cl)c3)=NO2)CN1C(=O)[C@@H](NC(=O)O[C@H]1C[C@H]2CC[C@]1(C)C2(C)C)C(C)(C)C)C(=O)C(=O)NC1CC1. The van der Waals surface area contributed by atoms with E-state index in [9.17, 15) is 24.0 Å². The Kier molecular flexibility index (Phi) is 10.2. The second-order valence-electron chi connectivity index (χ2n) is 17.6. The highest BCUT2D eigenvalue weighted by Gasteiger charge is 2.63. The molecule has 3 saturated carbocycles. The Morgan fingerprint density at radius 2 is 1.83 bits per heavy atom. The fraction of sp³-hybridized carbons (Fsp3) is 0.692. The predicted octanol–water partition coefficient (Wildman–Crippen LogP) is 5.29. The number of carbonyl (C=O) groups is 5. The normalized spacial score (nSPS) is 30.0. The van der Waals surface area contributed by atoms with E-state index in [0.717, 1.165) is 37.7 Å².